The predicted molar refractivity (Wildman–Crippen MR) is 67.4 cm³/mol. The van der Waals surface area contributed by atoms with Crippen molar-refractivity contribution in [2.24, 2.45) is 22.6 Å². The Morgan fingerprint density at radius 2 is 2.31 bits per heavy atom. The van der Waals surface area contributed by atoms with Gasteiger partial charge in [-0.25, -0.2) is 0 Å². The summed E-state index contributed by atoms with van der Waals surface area (Å²) in [6.45, 7) is 2.13. The average Bonchev–Trinajstić information content (AvgIpc) is 2.61. The molecule has 1 rings (SSSR count). The second kappa shape index (κ2) is 6.46. The molecule has 2 atom stereocenters. The van der Waals surface area contributed by atoms with Gasteiger partial charge in [-0.05, 0) is 31.6 Å². The number of carbonyl (C=O) groups excluding carboxylic acids is 1. The number of primary amides is 1. The number of rotatable bonds is 5. The lowest BCUT2D eigenvalue weighted by Gasteiger charge is -2.16. The number of nitrogens with zero attached hydrogens (tertiary/aromatic N) is 1. The van der Waals surface area contributed by atoms with Crippen LogP contribution >= 0.6 is 0 Å². The molecule has 0 heterocycles. The minimum atomic E-state index is -0.188. The summed E-state index contributed by atoms with van der Waals surface area (Å²) in [5.74, 6) is 0.643. The van der Waals surface area contributed by atoms with Crippen LogP contribution in [0.15, 0.2) is 17.1 Å². The summed E-state index contributed by atoms with van der Waals surface area (Å²) in [7, 11) is 1.85. The van der Waals surface area contributed by atoms with Crippen LogP contribution in [0.4, 0.5) is 0 Å². The fraction of sp³-hybridized carbons (Fsp3) is 0.692. The molecule has 0 radical (unpaired) electrons. The topological polar surface area (TPSA) is 55.4 Å². The molecule has 0 aromatic carbocycles. The van der Waals surface area contributed by atoms with E-state index in [9.17, 15) is 4.79 Å². The fourth-order valence-electron chi connectivity index (χ4n) is 2.51. The normalized spacial score (nSPS) is 28.0. The Kier molecular flexibility index (Phi) is 5.23. The Labute approximate surface area is 97.8 Å². The maximum absolute atomic E-state index is 11.0. The molecule has 90 valence electrons. The van der Waals surface area contributed by atoms with Crippen LogP contribution in [0.5, 0.6) is 0 Å². The van der Waals surface area contributed by atoms with Crippen LogP contribution < -0.4 is 5.73 Å². The molecule has 0 aromatic heterocycles. The van der Waals surface area contributed by atoms with E-state index in [4.69, 9.17) is 5.73 Å². The van der Waals surface area contributed by atoms with Crippen LogP contribution in [0.2, 0.25) is 0 Å². The zero-order chi connectivity index (χ0) is 12.0. The van der Waals surface area contributed by atoms with E-state index < -0.39 is 0 Å². The molecule has 0 spiro atoms. The second-order valence-corrected chi connectivity index (χ2v) is 4.41. The molecular formula is C13H22N2O. The summed E-state index contributed by atoms with van der Waals surface area (Å²) < 4.78 is 0. The minimum absolute atomic E-state index is 0.188. The van der Waals surface area contributed by atoms with E-state index >= 15 is 0 Å². The van der Waals surface area contributed by atoms with Gasteiger partial charge in [-0.2, -0.15) is 0 Å². The molecule has 0 aliphatic heterocycles. The Balaban J connectivity index is 2.63. The first-order chi connectivity index (χ1) is 7.69. The summed E-state index contributed by atoms with van der Waals surface area (Å²) in [4.78, 5) is 15.3. The lowest BCUT2D eigenvalue weighted by Crippen LogP contribution is -2.21. The molecule has 0 bridgehead atoms. The van der Waals surface area contributed by atoms with Crippen molar-refractivity contribution in [3.8, 4) is 0 Å². The number of aliphatic imine (C=N–C) groups is 1. The number of amides is 1. The van der Waals surface area contributed by atoms with E-state index in [1.165, 1.54) is 5.71 Å². The van der Waals surface area contributed by atoms with Gasteiger partial charge in [-0.1, -0.05) is 19.1 Å². The third kappa shape index (κ3) is 3.47. The van der Waals surface area contributed by atoms with E-state index in [-0.39, 0.29) is 5.91 Å². The van der Waals surface area contributed by atoms with Crippen LogP contribution in [0, 0.1) is 11.8 Å². The van der Waals surface area contributed by atoms with Crippen molar-refractivity contribution < 1.29 is 4.79 Å². The average molecular weight is 222 g/mol. The van der Waals surface area contributed by atoms with Gasteiger partial charge in [0.2, 0.25) is 5.91 Å². The summed E-state index contributed by atoms with van der Waals surface area (Å²) in [6, 6.07) is 0. The van der Waals surface area contributed by atoms with Gasteiger partial charge in [0.25, 0.3) is 0 Å². The highest BCUT2D eigenvalue weighted by Crippen LogP contribution is 2.34. The predicted octanol–water partition coefficient (Wildman–Crippen LogP) is 2.32. The van der Waals surface area contributed by atoms with Gasteiger partial charge in [-0.15, -0.1) is 0 Å². The molecule has 1 aliphatic rings. The quantitative estimate of drug-likeness (QED) is 0.713. The molecule has 1 saturated carbocycles. The maximum atomic E-state index is 11.0. The lowest BCUT2D eigenvalue weighted by atomic mass is 9.89. The zero-order valence-electron chi connectivity index (χ0n) is 10.3. The summed E-state index contributed by atoms with van der Waals surface area (Å²) in [5.41, 5.74) is 6.54. The van der Waals surface area contributed by atoms with E-state index in [0.717, 1.165) is 25.7 Å². The number of allylic oxidation sites excluding steroid dienone is 2. The minimum Gasteiger partial charge on any atom is -0.370 e. The van der Waals surface area contributed by atoms with Gasteiger partial charge in [0.15, 0.2) is 0 Å². The molecule has 1 fully saturated rings. The van der Waals surface area contributed by atoms with Gasteiger partial charge >= 0.3 is 0 Å². The van der Waals surface area contributed by atoms with Gasteiger partial charge in [0.1, 0.15) is 0 Å². The van der Waals surface area contributed by atoms with Crippen molar-refractivity contribution in [2.45, 2.75) is 39.0 Å². The molecule has 3 nitrogen and oxygen atoms in total. The second-order valence-electron chi connectivity index (χ2n) is 4.41. The maximum Gasteiger partial charge on any atom is 0.217 e. The van der Waals surface area contributed by atoms with E-state index in [1.807, 2.05) is 7.05 Å². The summed E-state index contributed by atoms with van der Waals surface area (Å²) >= 11 is 0. The monoisotopic (exact) mass is 222 g/mol. The number of nitrogens with two attached hydrogens (primary N) is 1. The van der Waals surface area contributed by atoms with Crippen LogP contribution in [0.1, 0.15) is 39.0 Å². The summed E-state index contributed by atoms with van der Waals surface area (Å²) in [5, 5.41) is 0. The van der Waals surface area contributed by atoms with Crippen LogP contribution in [0.25, 0.3) is 0 Å². The largest absolute Gasteiger partial charge is 0.370 e. The Morgan fingerprint density at radius 3 is 2.88 bits per heavy atom. The molecule has 3 heteroatoms. The van der Waals surface area contributed by atoms with Gasteiger partial charge < -0.3 is 5.73 Å². The van der Waals surface area contributed by atoms with Gasteiger partial charge in [0.05, 0.1) is 0 Å². The first-order valence-electron chi connectivity index (χ1n) is 6.07. The highest BCUT2D eigenvalue weighted by atomic mass is 16.1. The molecule has 0 saturated heterocycles. The molecular weight excluding hydrogens is 200 g/mol. The highest BCUT2D eigenvalue weighted by Gasteiger charge is 2.32. The van der Waals surface area contributed by atoms with E-state index in [1.54, 1.807) is 0 Å². The molecule has 16 heavy (non-hydrogen) atoms. The summed E-state index contributed by atoms with van der Waals surface area (Å²) in [6.07, 6.45) is 9.02. The first kappa shape index (κ1) is 12.9. The molecule has 1 amide bonds. The van der Waals surface area contributed by atoms with Crippen molar-refractivity contribution in [2.75, 3.05) is 7.05 Å². The van der Waals surface area contributed by atoms with Crippen LogP contribution in [-0.2, 0) is 4.79 Å². The standard InChI is InChI=1S/C13H22N2O/c1-3-4-5-6-11-10(9-13(14)16)7-8-12(11)15-2/h4-5,10-11H,3,6-9H2,1-2H3,(H2,14,16)/b5-4-,15-12?/t10-,11+/m0/s1. The van der Waals surface area contributed by atoms with E-state index in [2.05, 4.69) is 24.1 Å². The number of hydrogen-bond donors (Lipinski definition) is 1. The fourth-order valence-corrected chi connectivity index (χ4v) is 2.51. The molecule has 2 N–H and O–H groups in total. The van der Waals surface area contributed by atoms with Gasteiger partial charge in [0, 0.05) is 25.1 Å². The van der Waals surface area contributed by atoms with Crippen molar-refractivity contribution >= 4 is 11.6 Å². The Hall–Kier alpha value is -1.12. The third-order valence-corrected chi connectivity index (χ3v) is 3.31. The number of carbonyl (C=O) groups is 1. The highest BCUT2D eigenvalue weighted by molar-refractivity contribution is 5.90. The zero-order valence-corrected chi connectivity index (χ0v) is 10.3. The van der Waals surface area contributed by atoms with Gasteiger partial charge in [-0.3, -0.25) is 9.79 Å². The van der Waals surface area contributed by atoms with Crippen LogP contribution in [0.3, 0.4) is 0 Å². The van der Waals surface area contributed by atoms with Crippen molar-refractivity contribution in [1.29, 1.82) is 0 Å². The van der Waals surface area contributed by atoms with Crippen molar-refractivity contribution in [3.05, 3.63) is 12.2 Å². The molecule has 1 aliphatic carbocycles. The molecule has 0 aromatic rings. The van der Waals surface area contributed by atoms with Crippen molar-refractivity contribution in [1.82, 2.24) is 0 Å². The smallest absolute Gasteiger partial charge is 0.217 e. The SMILES string of the molecule is CC/C=C\C[C@H]1C(=NC)CC[C@H]1CC(N)=O. The lowest BCUT2D eigenvalue weighted by molar-refractivity contribution is -0.119. The number of hydrogen-bond acceptors (Lipinski definition) is 2. The van der Waals surface area contributed by atoms with E-state index in [0.29, 0.717) is 18.3 Å². The first-order valence-corrected chi connectivity index (χ1v) is 6.07. The van der Waals surface area contributed by atoms with Crippen molar-refractivity contribution in [3.63, 3.8) is 0 Å². The Morgan fingerprint density at radius 1 is 1.56 bits per heavy atom. The molecule has 0 unspecified atom stereocenters. The Bertz CT molecular complexity index is 294. The third-order valence-electron chi connectivity index (χ3n) is 3.31. The van der Waals surface area contributed by atoms with Crippen LogP contribution in [-0.4, -0.2) is 18.7 Å².